The zero-order valence-electron chi connectivity index (χ0n) is 9.21. The first-order valence-electron chi connectivity index (χ1n) is 4.76. The highest BCUT2D eigenvalue weighted by atomic mass is 17.2. The zero-order valence-corrected chi connectivity index (χ0v) is 9.21. The highest BCUT2D eigenvalue weighted by Gasteiger charge is 2.18. The molecule has 0 aromatic rings. The van der Waals surface area contributed by atoms with Crippen LogP contribution in [0.15, 0.2) is 12.7 Å². The first kappa shape index (κ1) is 13.6. The SMILES string of the molecule is [C]C(COCC=C)OOC(C)(C)CC. The molecule has 0 aliphatic heterocycles. The summed E-state index contributed by atoms with van der Waals surface area (Å²) in [7, 11) is 0. The molecule has 0 heterocycles. The van der Waals surface area contributed by atoms with Crippen LogP contribution in [0.25, 0.3) is 0 Å². The molecule has 0 amide bonds. The van der Waals surface area contributed by atoms with E-state index in [1.165, 1.54) is 0 Å². The number of rotatable bonds is 8. The molecular weight excluding hydrogens is 180 g/mol. The molecule has 14 heavy (non-hydrogen) atoms. The van der Waals surface area contributed by atoms with Gasteiger partial charge in [-0.15, -0.1) is 6.58 Å². The lowest BCUT2D eigenvalue weighted by atomic mass is 10.1. The van der Waals surface area contributed by atoms with E-state index in [1.54, 1.807) is 6.08 Å². The Morgan fingerprint density at radius 1 is 1.50 bits per heavy atom. The molecule has 0 aromatic heterocycles. The molecule has 0 saturated heterocycles. The van der Waals surface area contributed by atoms with E-state index in [9.17, 15) is 0 Å². The van der Waals surface area contributed by atoms with Crippen molar-refractivity contribution in [3.05, 3.63) is 19.6 Å². The summed E-state index contributed by atoms with van der Waals surface area (Å²) in [5.41, 5.74) is -0.349. The normalized spacial score (nSPS) is 14.0. The molecule has 3 heteroatoms. The van der Waals surface area contributed by atoms with Crippen LogP contribution in [-0.2, 0) is 14.5 Å². The zero-order chi connectivity index (χ0) is 11.0. The summed E-state index contributed by atoms with van der Waals surface area (Å²) >= 11 is 0. The molecule has 3 radical (unpaired) electrons. The van der Waals surface area contributed by atoms with Gasteiger partial charge >= 0.3 is 0 Å². The maximum absolute atomic E-state index is 7.40. The van der Waals surface area contributed by atoms with Gasteiger partial charge in [0.1, 0.15) is 6.10 Å². The van der Waals surface area contributed by atoms with Gasteiger partial charge in [-0.2, -0.15) is 0 Å². The average molecular weight is 199 g/mol. The molecule has 81 valence electrons. The van der Waals surface area contributed by atoms with Crippen molar-refractivity contribution in [2.45, 2.75) is 38.9 Å². The summed E-state index contributed by atoms with van der Waals surface area (Å²) in [6, 6.07) is 0. The minimum atomic E-state index is -0.805. The second kappa shape index (κ2) is 6.98. The topological polar surface area (TPSA) is 27.7 Å². The molecule has 0 aromatic carbocycles. The fourth-order valence-corrected chi connectivity index (χ4v) is 0.533. The lowest BCUT2D eigenvalue weighted by Crippen LogP contribution is -2.27. The van der Waals surface area contributed by atoms with Crippen LogP contribution in [0.1, 0.15) is 27.2 Å². The van der Waals surface area contributed by atoms with Gasteiger partial charge in [0.05, 0.1) is 18.8 Å². The van der Waals surface area contributed by atoms with Crippen LogP contribution in [0.4, 0.5) is 0 Å². The molecule has 0 N–H and O–H groups in total. The predicted molar refractivity (Wildman–Crippen MR) is 54.6 cm³/mol. The third kappa shape index (κ3) is 7.06. The van der Waals surface area contributed by atoms with Gasteiger partial charge in [-0.05, 0) is 20.3 Å². The van der Waals surface area contributed by atoms with Crippen LogP contribution in [0.3, 0.4) is 0 Å². The van der Waals surface area contributed by atoms with Gasteiger partial charge in [-0.1, -0.05) is 13.0 Å². The Balaban J connectivity index is 3.52. The Kier molecular flexibility index (Phi) is 6.79. The van der Waals surface area contributed by atoms with Crippen LogP contribution >= 0.6 is 0 Å². The molecular formula is C11H19O3. The third-order valence-corrected chi connectivity index (χ3v) is 1.75. The van der Waals surface area contributed by atoms with E-state index in [4.69, 9.17) is 21.4 Å². The average Bonchev–Trinajstić information content (AvgIpc) is 2.16. The Morgan fingerprint density at radius 3 is 2.64 bits per heavy atom. The second-order valence-corrected chi connectivity index (χ2v) is 3.61. The van der Waals surface area contributed by atoms with Crippen molar-refractivity contribution in [1.29, 1.82) is 0 Å². The van der Waals surface area contributed by atoms with Crippen molar-refractivity contribution in [2.24, 2.45) is 0 Å². The molecule has 1 unspecified atom stereocenters. The van der Waals surface area contributed by atoms with E-state index in [-0.39, 0.29) is 12.2 Å². The van der Waals surface area contributed by atoms with Gasteiger partial charge < -0.3 is 4.74 Å². The van der Waals surface area contributed by atoms with Crippen LogP contribution in [0.5, 0.6) is 0 Å². The Labute approximate surface area is 87.0 Å². The van der Waals surface area contributed by atoms with Crippen LogP contribution in [0, 0.1) is 6.92 Å². The quantitative estimate of drug-likeness (QED) is 0.260. The monoisotopic (exact) mass is 199 g/mol. The van der Waals surface area contributed by atoms with Crippen LogP contribution < -0.4 is 0 Å². The van der Waals surface area contributed by atoms with Crippen LogP contribution in [0.2, 0.25) is 0 Å². The molecule has 0 fully saturated rings. The van der Waals surface area contributed by atoms with E-state index in [2.05, 4.69) is 6.58 Å². The van der Waals surface area contributed by atoms with Gasteiger partial charge in [0.25, 0.3) is 0 Å². The smallest absolute Gasteiger partial charge is 0.124 e. The fraction of sp³-hybridized carbons (Fsp3) is 0.727. The van der Waals surface area contributed by atoms with Crippen molar-refractivity contribution in [3.8, 4) is 0 Å². The van der Waals surface area contributed by atoms with Gasteiger partial charge in [0, 0.05) is 6.92 Å². The third-order valence-electron chi connectivity index (χ3n) is 1.75. The largest absolute Gasteiger partial charge is 0.375 e. The van der Waals surface area contributed by atoms with Crippen molar-refractivity contribution in [3.63, 3.8) is 0 Å². The summed E-state index contributed by atoms with van der Waals surface area (Å²) in [5.74, 6) is 0. The molecule has 0 aliphatic rings. The maximum Gasteiger partial charge on any atom is 0.124 e. The molecule has 0 rings (SSSR count). The number of hydrogen-bond donors (Lipinski definition) is 0. The van der Waals surface area contributed by atoms with Gasteiger partial charge in [0.15, 0.2) is 0 Å². The molecule has 0 spiro atoms. The number of ether oxygens (including phenoxy) is 1. The minimum absolute atomic E-state index is 0.186. The van der Waals surface area contributed by atoms with Gasteiger partial charge in [0.2, 0.25) is 0 Å². The fourth-order valence-electron chi connectivity index (χ4n) is 0.533. The number of hydrogen-bond acceptors (Lipinski definition) is 3. The highest BCUT2D eigenvalue weighted by Crippen LogP contribution is 2.14. The molecule has 0 bridgehead atoms. The summed E-state index contributed by atoms with van der Waals surface area (Å²) in [4.78, 5) is 9.93. The Bertz CT molecular complexity index is 155. The van der Waals surface area contributed by atoms with E-state index in [0.29, 0.717) is 6.61 Å². The molecule has 3 nitrogen and oxygen atoms in total. The lowest BCUT2D eigenvalue weighted by molar-refractivity contribution is -0.373. The van der Waals surface area contributed by atoms with E-state index in [0.717, 1.165) is 6.42 Å². The first-order chi connectivity index (χ1) is 6.52. The summed E-state index contributed by atoms with van der Waals surface area (Å²) in [6.07, 6.45) is 1.65. The molecule has 0 aliphatic carbocycles. The maximum atomic E-state index is 7.40. The van der Waals surface area contributed by atoms with E-state index >= 15 is 0 Å². The molecule has 0 saturated carbocycles. The minimum Gasteiger partial charge on any atom is -0.375 e. The van der Waals surface area contributed by atoms with Crippen molar-refractivity contribution < 1.29 is 14.5 Å². The van der Waals surface area contributed by atoms with E-state index in [1.807, 2.05) is 20.8 Å². The van der Waals surface area contributed by atoms with E-state index < -0.39 is 6.10 Å². The highest BCUT2D eigenvalue weighted by molar-refractivity contribution is 4.66. The first-order valence-corrected chi connectivity index (χ1v) is 4.76. The summed E-state index contributed by atoms with van der Waals surface area (Å²) in [5, 5.41) is 0. The predicted octanol–water partition coefficient (Wildman–Crippen LogP) is 2.28. The Morgan fingerprint density at radius 2 is 2.14 bits per heavy atom. The van der Waals surface area contributed by atoms with Crippen molar-refractivity contribution in [1.82, 2.24) is 0 Å². The van der Waals surface area contributed by atoms with Gasteiger partial charge in [-0.25, -0.2) is 9.78 Å². The lowest BCUT2D eigenvalue weighted by Gasteiger charge is -2.23. The van der Waals surface area contributed by atoms with Crippen molar-refractivity contribution in [2.75, 3.05) is 13.2 Å². The standard InChI is InChI=1S/C11H19O3/c1-6-8-12-9-10(3)13-14-11(4,5)7-2/h6,10H,1,7-9H2,2,4-5H3. The second-order valence-electron chi connectivity index (χ2n) is 3.61. The van der Waals surface area contributed by atoms with Crippen LogP contribution in [-0.4, -0.2) is 24.9 Å². The van der Waals surface area contributed by atoms with Crippen molar-refractivity contribution >= 4 is 0 Å². The van der Waals surface area contributed by atoms with Gasteiger partial charge in [-0.3, -0.25) is 0 Å². The summed E-state index contributed by atoms with van der Waals surface area (Å²) in [6.45, 7) is 17.3. The summed E-state index contributed by atoms with van der Waals surface area (Å²) < 4.78 is 5.03. The molecule has 1 atom stereocenters. The Hall–Kier alpha value is -0.380.